The summed E-state index contributed by atoms with van der Waals surface area (Å²) in [4.78, 5) is 41.7. The lowest BCUT2D eigenvalue weighted by Crippen LogP contribution is -2.43. The van der Waals surface area contributed by atoms with E-state index in [1.807, 2.05) is 30.3 Å². The first-order chi connectivity index (χ1) is 16.0. The summed E-state index contributed by atoms with van der Waals surface area (Å²) in [6.07, 6.45) is 0. The molecule has 0 spiro atoms. The molecule has 2 heterocycles. The van der Waals surface area contributed by atoms with E-state index in [2.05, 4.69) is 10.6 Å². The average molecular weight is 441 g/mol. The Kier molecular flexibility index (Phi) is 5.12. The van der Waals surface area contributed by atoms with Gasteiger partial charge in [0.2, 0.25) is 0 Å². The van der Waals surface area contributed by atoms with Gasteiger partial charge < -0.3 is 15.7 Å². The molecule has 2 aliphatic rings. The van der Waals surface area contributed by atoms with Crippen LogP contribution in [-0.4, -0.2) is 41.1 Å². The zero-order valence-electron chi connectivity index (χ0n) is 17.4. The molecule has 0 unspecified atom stereocenters. The number of nitrogens with zero attached hydrogens (tertiary/aromatic N) is 1. The fourth-order valence-corrected chi connectivity index (χ4v) is 3.77. The minimum Gasteiger partial charge on any atom is -0.478 e. The number of carboxylic acids is 1. The first kappa shape index (κ1) is 20.5. The molecule has 3 aromatic carbocycles. The van der Waals surface area contributed by atoms with Gasteiger partial charge >= 0.3 is 5.97 Å². The maximum Gasteiger partial charge on any atom is 0.335 e. The Morgan fingerprint density at radius 1 is 0.939 bits per heavy atom. The highest BCUT2D eigenvalue weighted by molar-refractivity contribution is 6.37. The number of carboxylic acid groups (broad SMARTS) is 1. The largest absolute Gasteiger partial charge is 0.478 e. The van der Waals surface area contributed by atoms with E-state index in [-0.39, 0.29) is 17.4 Å². The minimum atomic E-state index is -1.07. The maximum absolute atomic E-state index is 13.0. The number of anilines is 2. The molecule has 5 rings (SSSR count). The Balaban J connectivity index is 1.54. The van der Waals surface area contributed by atoms with Crippen molar-refractivity contribution in [3.05, 3.63) is 95.1 Å². The first-order valence-electron chi connectivity index (χ1n) is 10.3. The van der Waals surface area contributed by atoms with Crippen LogP contribution in [0.1, 0.15) is 31.8 Å². The van der Waals surface area contributed by atoms with Crippen molar-refractivity contribution in [1.82, 2.24) is 5.06 Å². The van der Waals surface area contributed by atoms with Gasteiger partial charge in [-0.3, -0.25) is 14.4 Å². The predicted molar refractivity (Wildman–Crippen MR) is 122 cm³/mol. The summed E-state index contributed by atoms with van der Waals surface area (Å²) < 4.78 is 0. The van der Waals surface area contributed by atoms with Gasteiger partial charge in [0.1, 0.15) is 0 Å². The molecule has 8 nitrogen and oxygen atoms in total. The molecule has 0 aromatic heterocycles. The van der Waals surface area contributed by atoms with Crippen LogP contribution in [0.15, 0.2) is 72.8 Å². The minimum absolute atomic E-state index is 0.0935. The van der Waals surface area contributed by atoms with E-state index in [0.29, 0.717) is 46.9 Å². The zero-order chi connectivity index (χ0) is 22.9. The van der Waals surface area contributed by atoms with Crippen LogP contribution < -0.4 is 10.6 Å². The van der Waals surface area contributed by atoms with Crippen molar-refractivity contribution in [2.24, 2.45) is 0 Å². The number of benzene rings is 3. The van der Waals surface area contributed by atoms with Crippen LogP contribution in [0.2, 0.25) is 0 Å². The van der Waals surface area contributed by atoms with Crippen LogP contribution in [0.3, 0.4) is 0 Å². The van der Waals surface area contributed by atoms with Gasteiger partial charge in [0.25, 0.3) is 11.8 Å². The van der Waals surface area contributed by atoms with E-state index in [9.17, 15) is 19.5 Å². The van der Waals surface area contributed by atoms with Gasteiger partial charge in [-0.2, -0.15) is 0 Å². The van der Waals surface area contributed by atoms with Crippen molar-refractivity contribution in [2.75, 3.05) is 23.8 Å². The smallest absolute Gasteiger partial charge is 0.335 e. The van der Waals surface area contributed by atoms with Crippen LogP contribution >= 0.6 is 0 Å². The number of rotatable bonds is 5. The molecular formula is C25H19N3O5. The molecule has 33 heavy (non-hydrogen) atoms. The Labute approximate surface area is 189 Å². The van der Waals surface area contributed by atoms with Crippen LogP contribution in [0, 0.1) is 0 Å². The standard InChI is InChI=1S/C25H19N3O5/c29-23-21(19-11-8-17(25(31)32)14-20(19)27-23)22(15-4-2-1-3-5-15)26-18-9-6-16(7-10-18)24(30)28-12-13-33-28/h1-11,14,26H,12-13H2,(H,27,29)(H,31,32)/b22-21+. The van der Waals surface area contributed by atoms with Crippen molar-refractivity contribution in [1.29, 1.82) is 0 Å². The Bertz CT molecular complexity index is 1300. The van der Waals surface area contributed by atoms with E-state index in [1.54, 1.807) is 30.3 Å². The summed E-state index contributed by atoms with van der Waals surface area (Å²) in [5, 5.41) is 16.7. The zero-order valence-corrected chi connectivity index (χ0v) is 17.4. The topological polar surface area (TPSA) is 108 Å². The van der Waals surface area contributed by atoms with Gasteiger partial charge in [-0.05, 0) is 42.0 Å². The van der Waals surface area contributed by atoms with E-state index in [4.69, 9.17) is 4.84 Å². The highest BCUT2D eigenvalue weighted by Gasteiger charge is 2.29. The number of hydroxylamine groups is 2. The molecule has 2 aliphatic heterocycles. The highest BCUT2D eigenvalue weighted by atomic mass is 16.7. The van der Waals surface area contributed by atoms with Crippen LogP contribution in [0.25, 0.3) is 11.3 Å². The molecule has 0 bridgehead atoms. The molecule has 2 amide bonds. The molecule has 3 N–H and O–H groups in total. The van der Waals surface area contributed by atoms with Crippen molar-refractivity contribution in [3.8, 4) is 0 Å². The number of carbonyl (C=O) groups excluding carboxylic acids is 2. The normalized spacial score (nSPS) is 15.9. The van der Waals surface area contributed by atoms with Crippen LogP contribution in [0.5, 0.6) is 0 Å². The van der Waals surface area contributed by atoms with E-state index in [1.165, 1.54) is 17.2 Å². The summed E-state index contributed by atoms with van der Waals surface area (Å²) in [7, 11) is 0. The molecule has 0 radical (unpaired) electrons. The van der Waals surface area contributed by atoms with Gasteiger partial charge in [-0.1, -0.05) is 36.4 Å². The lowest BCUT2D eigenvalue weighted by Gasteiger charge is -2.29. The van der Waals surface area contributed by atoms with E-state index in [0.717, 1.165) is 5.56 Å². The molecule has 0 aliphatic carbocycles. The summed E-state index contributed by atoms with van der Waals surface area (Å²) in [5.41, 5.74) is 4.09. The van der Waals surface area contributed by atoms with Crippen molar-refractivity contribution >= 4 is 40.4 Å². The lowest BCUT2D eigenvalue weighted by molar-refractivity contribution is -0.207. The average Bonchev–Trinajstić information content (AvgIpc) is 3.12. The maximum atomic E-state index is 13.0. The SMILES string of the molecule is O=C1Nc2cc(C(=O)O)ccc2/C1=C(\Nc1ccc(C(=O)N2CCO2)cc1)c1ccccc1. The first-order valence-corrected chi connectivity index (χ1v) is 10.3. The fraction of sp³-hybridized carbons (Fsp3) is 0.0800. The summed E-state index contributed by atoms with van der Waals surface area (Å²) in [6, 6.07) is 20.8. The van der Waals surface area contributed by atoms with Gasteiger partial charge in [0.15, 0.2) is 0 Å². The molecule has 8 heteroatoms. The number of hydrogen-bond acceptors (Lipinski definition) is 5. The van der Waals surface area contributed by atoms with E-state index >= 15 is 0 Å². The molecule has 1 fully saturated rings. The quantitative estimate of drug-likeness (QED) is 0.521. The summed E-state index contributed by atoms with van der Waals surface area (Å²) >= 11 is 0. The third-order valence-corrected chi connectivity index (χ3v) is 5.49. The fourth-order valence-electron chi connectivity index (χ4n) is 3.77. The molecule has 3 aromatic rings. The number of nitrogens with one attached hydrogen (secondary N) is 2. The number of carbonyl (C=O) groups is 3. The number of amides is 2. The van der Waals surface area contributed by atoms with Gasteiger partial charge in [-0.15, -0.1) is 0 Å². The Morgan fingerprint density at radius 3 is 2.27 bits per heavy atom. The van der Waals surface area contributed by atoms with Crippen LogP contribution in [0.4, 0.5) is 11.4 Å². The summed E-state index contributed by atoms with van der Waals surface area (Å²) in [6.45, 7) is 1.11. The Hall–Kier alpha value is -4.43. The second-order valence-corrected chi connectivity index (χ2v) is 7.58. The van der Waals surface area contributed by atoms with Gasteiger partial charge in [0, 0.05) is 16.8 Å². The van der Waals surface area contributed by atoms with E-state index < -0.39 is 5.97 Å². The predicted octanol–water partition coefficient (Wildman–Crippen LogP) is 3.70. The van der Waals surface area contributed by atoms with Crippen molar-refractivity contribution in [3.63, 3.8) is 0 Å². The number of aromatic carboxylic acids is 1. The lowest BCUT2D eigenvalue weighted by atomic mass is 9.99. The second-order valence-electron chi connectivity index (χ2n) is 7.58. The van der Waals surface area contributed by atoms with Gasteiger partial charge in [0.05, 0.1) is 35.7 Å². The highest BCUT2D eigenvalue weighted by Crippen LogP contribution is 2.38. The molecule has 1 saturated heterocycles. The third kappa shape index (κ3) is 3.83. The van der Waals surface area contributed by atoms with Crippen molar-refractivity contribution < 1.29 is 24.3 Å². The molecule has 0 atom stereocenters. The van der Waals surface area contributed by atoms with Crippen molar-refractivity contribution in [2.45, 2.75) is 0 Å². The number of fused-ring (bicyclic) bond motifs is 1. The third-order valence-electron chi connectivity index (χ3n) is 5.49. The monoisotopic (exact) mass is 441 g/mol. The molecular weight excluding hydrogens is 422 g/mol. The number of hydrogen-bond donors (Lipinski definition) is 3. The summed E-state index contributed by atoms with van der Waals surface area (Å²) in [5.74, 6) is -1.60. The Morgan fingerprint density at radius 2 is 1.64 bits per heavy atom. The van der Waals surface area contributed by atoms with Crippen LogP contribution in [-0.2, 0) is 9.63 Å². The molecule has 0 saturated carbocycles. The molecule has 164 valence electrons. The van der Waals surface area contributed by atoms with Gasteiger partial charge in [-0.25, -0.2) is 9.86 Å². The second kappa shape index (κ2) is 8.25.